The van der Waals surface area contributed by atoms with Crippen molar-refractivity contribution in [2.45, 2.75) is 45.0 Å². The van der Waals surface area contributed by atoms with Crippen molar-refractivity contribution in [3.8, 4) is 0 Å². The monoisotopic (exact) mass is 373 g/mol. The van der Waals surface area contributed by atoms with Crippen molar-refractivity contribution in [2.24, 2.45) is 5.41 Å². The van der Waals surface area contributed by atoms with Crippen molar-refractivity contribution < 1.29 is 19.4 Å². The molecule has 27 heavy (non-hydrogen) atoms. The maximum Gasteiger partial charge on any atom is 0.248 e. The van der Waals surface area contributed by atoms with Gasteiger partial charge < -0.3 is 24.5 Å². The van der Waals surface area contributed by atoms with Crippen LogP contribution < -0.4 is 0 Å². The number of imidazole rings is 1. The molecule has 2 atom stereocenters. The van der Waals surface area contributed by atoms with E-state index in [0.29, 0.717) is 19.5 Å². The number of aromatic nitrogens is 2. The summed E-state index contributed by atoms with van der Waals surface area (Å²) in [6, 6.07) is 6.04. The highest BCUT2D eigenvalue weighted by molar-refractivity contribution is 5.77. The molecule has 4 rings (SSSR count). The molecule has 146 valence electrons. The van der Waals surface area contributed by atoms with E-state index in [0.717, 1.165) is 29.7 Å². The highest BCUT2D eigenvalue weighted by Crippen LogP contribution is 2.50. The molecular weight excluding hydrogens is 346 g/mol. The van der Waals surface area contributed by atoms with Crippen LogP contribution in [-0.2, 0) is 20.9 Å². The van der Waals surface area contributed by atoms with Crippen LogP contribution in [0.1, 0.15) is 30.7 Å². The van der Waals surface area contributed by atoms with Gasteiger partial charge in [-0.2, -0.15) is 0 Å². The Labute approximate surface area is 158 Å². The zero-order valence-corrected chi connectivity index (χ0v) is 15.9. The van der Waals surface area contributed by atoms with Crippen LogP contribution in [0.5, 0.6) is 0 Å². The minimum atomic E-state index is -0.312. The Bertz CT molecular complexity index is 826. The predicted octanol–water partition coefficient (Wildman–Crippen LogP) is 1.78. The summed E-state index contributed by atoms with van der Waals surface area (Å²) in [5.41, 5.74) is 2.88. The van der Waals surface area contributed by atoms with E-state index < -0.39 is 0 Å². The van der Waals surface area contributed by atoms with Gasteiger partial charge in [0.15, 0.2) is 0 Å². The van der Waals surface area contributed by atoms with Gasteiger partial charge in [0, 0.05) is 32.0 Å². The zero-order chi connectivity index (χ0) is 19.0. The summed E-state index contributed by atoms with van der Waals surface area (Å²) in [5.74, 6) is 0.709. The molecule has 1 amide bonds. The lowest BCUT2D eigenvalue weighted by Crippen LogP contribution is -2.62. The first kappa shape index (κ1) is 18.4. The average molecular weight is 373 g/mol. The smallest absolute Gasteiger partial charge is 0.248 e. The van der Waals surface area contributed by atoms with Crippen molar-refractivity contribution in [1.29, 1.82) is 0 Å². The first-order valence-electron chi connectivity index (χ1n) is 9.53. The molecule has 1 aromatic carbocycles. The van der Waals surface area contributed by atoms with E-state index in [-0.39, 0.29) is 36.7 Å². The Hall–Kier alpha value is -1.96. The molecule has 2 N–H and O–H groups in total. The van der Waals surface area contributed by atoms with E-state index in [4.69, 9.17) is 9.47 Å². The molecule has 1 saturated heterocycles. The van der Waals surface area contributed by atoms with E-state index in [1.165, 1.54) is 5.56 Å². The van der Waals surface area contributed by atoms with Crippen LogP contribution in [-0.4, -0.2) is 64.9 Å². The summed E-state index contributed by atoms with van der Waals surface area (Å²) >= 11 is 0. The fraction of sp³-hybridized carbons (Fsp3) is 0.600. The van der Waals surface area contributed by atoms with Gasteiger partial charge in [0.2, 0.25) is 5.91 Å². The number of likely N-dealkylation sites (tertiary alicyclic amines) is 1. The number of fused-ring (bicyclic) bond motifs is 1. The molecule has 2 heterocycles. The average Bonchev–Trinajstić information content (AvgIpc) is 3.07. The quantitative estimate of drug-likeness (QED) is 0.834. The number of carbonyl (C=O) groups excluding carboxylic acids is 1. The van der Waals surface area contributed by atoms with Gasteiger partial charge in [-0.05, 0) is 37.5 Å². The van der Waals surface area contributed by atoms with Crippen LogP contribution in [0.2, 0.25) is 0 Å². The first-order valence-corrected chi connectivity index (χ1v) is 9.53. The number of amides is 1. The molecule has 1 aliphatic heterocycles. The third kappa shape index (κ3) is 3.35. The van der Waals surface area contributed by atoms with E-state index in [1.807, 2.05) is 30.0 Å². The van der Waals surface area contributed by atoms with E-state index in [1.54, 1.807) is 7.11 Å². The molecule has 0 bridgehead atoms. The van der Waals surface area contributed by atoms with Crippen LogP contribution in [0.4, 0.5) is 0 Å². The topological polar surface area (TPSA) is 87.7 Å². The predicted molar refractivity (Wildman–Crippen MR) is 100 cm³/mol. The third-order valence-corrected chi connectivity index (χ3v) is 6.22. The normalized spacial score (nSPS) is 24.3. The number of aryl methyl sites for hydroxylation is 1. The number of piperidine rings is 1. The Morgan fingerprint density at radius 1 is 1.41 bits per heavy atom. The molecule has 1 spiro atoms. The van der Waals surface area contributed by atoms with Gasteiger partial charge in [-0.1, -0.05) is 6.07 Å². The maximum absolute atomic E-state index is 12.4. The molecule has 1 aliphatic carbocycles. The van der Waals surface area contributed by atoms with Gasteiger partial charge in [0.05, 0.1) is 23.2 Å². The lowest BCUT2D eigenvalue weighted by atomic mass is 9.58. The highest BCUT2D eigenvalue weighted by Gasteiger charge is 2.56. The van der Waals surface area contributed by atoms with Crippen LogP contribution in [0.15, 0.2) is 18.2 Å². The number of aliphatic hydroxyl groups excluding tert-OH is 1. The second kappa shape index (κ2) is 7.22. The lowest BCUT2D eigenvalue weighted by Gasteiger charge is -2.56. The molecule has 0 unspecified atom stereocenters. The molecular formula is C20H27N3O4. The van der Waals surface area contributed by atoms with Gasteiger partial charge in [-0.25, -0.2) is 4.98 Å². The van der Waals surface area contributed by atoms with E-state index in [2.05, 4.69) is 9.97 Å². The number of H-pyrrole nitrogens is 1. The number of carbonyl (C=O) groups is 1. The molecule has 7 nitrogen and oxygen atoms in total. The van der Waals surface area contributed by atoms with E-state index >= 15 is 0 Å². The Balaban J connectivity index is 1.26. The molecule has 2 aliphatic rings. The van der Waals surface area contributed by atoms with Gasteiger partial charge in [-0.15, -0.1) is 0 Å². The van der Waals surface area contributed by atoms with Crippen molar-refractivity contribution in [3.05, 3.63) is 29.6 Å². The van der Waals surface area contributed by atoms with Crippen molar-refractivity contribution >= 4 is 16.9 Å². The summed E-state index contributed by atoms with van der Waals surface area (Å²) in [6.45, 7) is 3.64. The molecule has 0 radical (unpaired) electrons. The van der Waals surface area contributed by atoms with Crippen molar-refractivity contribution in [3.63, 3.8) is 0 Å². The summed E-state index contributed by atoms with van der Waals surface area (Å²) < 4.78 is 11.1. The Kier molecular flexibility index (Phi) is 4.92. The summed E-state index contributed by atoms with van der Waals surface area (Å²) in [4.78, 5) is 22.0. The van der Waals surface area contributed by atoms with Crippen molar-refractivity contribution in [1.82, 2.24) is 14.9 Å². The van der Waals surface area contributed by atoms with Crippen LogP contribution in [0.25, 0.3) is 11.0 Å². The minimum absolute atomic E-state index is 0.0143. The SMILES string of the molecule is CO[C@H]1C[C@@H](O)C12CCN(C(=O)COCc1nc3ccc(C)cc3[nH]1)CC2. The largest absolute Gasteiger partial charge is 0.392 e. The zero-order valence-electron chi connectivity index (χ0n) is 15.9. The summed E-state index contributed by atoms with van der Waals surface area (Å²) in [7, 11) is 1.70. The number of aromatic amines is 1. The maximum atomic E-state index is 12.4. The Morgan fingerprint density at radius 2 is 2.19 bits per heavy atom. The van der Waals surface area contributed by atoms with Crippen LogP contribution in [0.3, 0.4) is 0 Å². The summed E-state index contributed by atoms with van der Waals surface area (Å²) in [6.07, 6.45) is 2.05. The lowest BCUT2D eigenvalue weighted by molar-refractivity contribution is -0.202. The fourth-order valence-corrected chi connectivity index (χ4v) is 4.46. The molecule has 2 fully saturated rings. The number of methoxy groups -OCH3 is 1. The van der Waals surface area contributed by atoms with Crippen LogP contribution >= 0.6 is 0 Å². The fourth-order valence-electron chi connectivity index (χ4n) is 4.46. The van der Waals surface area contributed by atoms with Gasteiger partial charge in [0.1, 0.15) is 19.0 Å². The molecule has 1 aromatic heterocycles. The molecule has 1 saturated carbocycles. The van der Waals surface area contributed by atoms with Crippen molar-refractivity contribution in [2.75, 3.05) is 26.8 Å². The van der Waals surface area contributed by atoms with E-state index in [9.17, 15) is 9.90 Å². The minimum Gasteiger partial charge on any atom is -0.392 e. The number of rotatable bonds is 5. The number of nitrogens with zero attached hydrogens (tertiary/aromatic N) is 2. The number of hydrogen-bond donors (Lipinski definition) is 2. The van der Waals surface area contributed by atoms with Crippen LogP contribution in [0, 0.1) is 12.3 Å². The van der Waals surface area contributed by atoms with Gasteiger partial charge in [0.25, 0.3) is 0 Å². The molecule has 2 aromatic rings. The first-order chi connectivity index (χ1) is 13.0. The number of benzene rings is 1. The number of hydrogen-bond acceptors (Lipinski definition) is 5. The number of aliphatic hydroxyl groups is 1. The second-order valence-corrected chi connectivity index (χ2v) is 7.79. The van der Waals surface area contributed by atoms with Gasteiger partial charge in [-0.3, -0.25) is 4.79 Å². The Morgan fingerprint density at radius 3 is 2.89 bits per heavy atom. The molecule has 7 heteroatoms. The van der Waals surface area contributed by atoms with Gasteiger partial charge >= 0.3 is 0 Å². The number of ether oxygens (including phenoxy) is 2. The number of nitrogens with one attached hydrogen (secondary N) is 1. The standard InChI is InChI=1S/C20H27N3O4/c1-13-3-4-14-15(9-13)22-18(21-14)11-27-12-19(25)23-7-5-20(6-8-23)16(24)10-17(20)26-2/h3-4,9,16-17,24H,5-8,10-12H2,1-2H3,(H,21,22)/t16-,17+/m1/s1. The third-order valence-electron chi connectivity index (χ3n) is 6.22. The summed E-state index contributed by atoms with van der Waals surface area (Å²) in [5, 5.41) is 10.2. The highest BCUT2D eigenvalue weighted by atomic mass is 16.5. The second-order valence-electron chi connectivity index (χ2n) is 7.79.